The number of ketones is 1. The van der Waals surface area contributed by atoms with E-state index in [4.69, 9.17) is 0 Å². The third kappa shape index (κ3) is 2.93. The van der Waals surface area contributed by atoms with Gasteiger partial charge in [-0.25, -0.2) is 4.79 Å². The Morgan fingerprint density at radius 3 is 2.70 bits per heavy atom. The smallest absolute Gasteiger partial charge is 0.293 e. The quantitative estimate of drug-likeness (QED) is 0.852. The molecule has 0 unspecified atom stereocenters. The van der Waals surface area contributed by atoms with Crippen LogP contribution < -0.4 is 11.2 Å². The lowest BCUT2D eigenvalue weighted by Crippen LogP contribution is -2.33. The molecule has 20 heavy (non-hydrogen) atoms. The van der Waals surface area contributed by atoms with Gasteiger partial charge in [-0.15, -0.1) is 0 Å². The number of H-pyrrole nitrogens is 1. The van der Waals surface area contributed by atoms with E-state index in [-0.39, 0.29) is 12.3 Å². The first-order valence-corrected chi connectivity index (χ1v) is 6.43. The van der Waals surface area contributed by atoms with Gasteiger partial charge < -0.3 is 0 Å². The van der Waals surface area contributed by atoms with Crippen LogP contribution >= 0.6 is 0 Å². The van der Waals surface area contributed by atoms with Crippen LogP contribution in [0.5, 0.6) is 0 Å². The number of hydrogen-bond acceptors (Lipinski definition) is 3. The van der Waals surface area contributed by atoms with Crippen LogP contribution in [0.15, 0.2) is 40.1 Å². The van der Waals surface area contributed by atoms with Crippen LogP contribution in [-0.4, -0.2) is 15.3 Å². The molecule has 0 aliphatic heterocycles. The van der Waals surface area contributed by atoms with E-state index in [0.29, 0.717) is 17.5 Å². The van der Waals surface area contributed by atoms with E-state index in [9.17, 15) is 14.4 Å². The number of aromatic nitrogens is 2. The maximum absolute atomic E-state index is 12.2. The highest BCUT2D eigenvalue weighted by Gasteiger charge is 2.10. The highest BCUT2D eigenvalue weighted by molar-refractivity contribution is 5.96. The van der Waals surface area contributed by atoms with Crippen molar-refractivity contribution in [2.75, 3.05) is 0 Å². The van der Waals surface area contributed by atoms with Gasteiger partial charge in [0, 0.05) is 17.3 Å². The summed E-state index contributed by atoms with van der Waals surface area (Å²) in [5.74, 6) is -0.162. The molecular formula is C15H16N2O3. The molecule has 0 radical (unpaired) electrons. The van der Waals surface area contributed by atoms with E-state index in [1.165, 1.54) is 10.8 Å². The molecule has 2 rings (SSSR count). The fourth-order valence-electron chi connectivity index (χ4n) is 1.99. The number of carbonyl (C=O) groups excluding carboxylic acids is 1. The van der Waals surface area contributed by atoms with Gasteiger partial charge in [-0.05, 0) is 19.4 Å². The molecule has 1 heterocycles. The van der Waals surface area contributed by atoms with Gasteiger partial charge in [-0.2, -0.15) is 0 Å². The topological polar surface area (TPSA) is 71.9 Å². The second-order valence-corrected chi connectivity index (χ2v) is 4.69. The van der Waals surface area contributed by atoms with Crippen molar-refractivity contribution in [2.45, 2.75) is 26.8 Å². The lowest BCUT2D eigenvalue weighted by molar-refractivity contribution is 0.0970. The number of Topliss-reactive ketones (excluding diaryl/α,β-unsaturated/α-hetero) is 1. The standard InChI is InChI=1S/C15H16N2O3/c1-3-11-8-17(15(20)16-14(11)19)9-13(18)12-6-4-5-10(2)7-12/h4-8H,3,9H2,1-2H3,(H,16,19,20). The Labute approximate surface area is 115 Å². The molecule has 0 fully saturated rings. The lowest BCUT2D eigenvalue weighted by atomic mass is 10.1. The van der Waals surface area contributed by atoms with Crippen molar-refractivity contribution >= 4 is 5.78 Å². The van der Waals surface area contributed by atoms with Crippen molar-refractivity contribution < 1.29 is 4.79 Å². The molecule has 0 aliphatic carbocycles. The SMILES string of the molecule is CCc1cn(CC(=O)c2cccc(C)c2)c(=O)[nH]c1=O. The molecule has 5 heteroatoms. The summed E-state index contributed by atoms with van der Waals surface area (Å²) in [6.45, 7) is 3.64. The predicted octanol–water partition coefficient (Wildman–Crippen LogP) is 1.29. The number of nitrogens with zero attached hydrogens (tertiary/aromatic N) is 1. The highest BCUT2D eigenvalue weighted by Crippen LogP contribution is 2.05. The van der Waals surface area contributed by atoms with E-state index in [0.717, 1.165) is 5.56 Å². The van der Waals surface area contributed by atoms with Crippen LogP contribution in [0.2, 0.25) is 0 Å². The van der Waals surface area contributed by atoms with E-state index < -0.39 is 11.2 Å². The zero-order chi connectivity index (χ0) is 14.7. The van der Waals surface area contributed by atoms with Gasteiger partial charge >= 0.3 is 5.69 Å². The molecule has 0 saturated carbocycles. The molecule has 104 valence electrons. The molecule has 0 bridgehead atoms. The molecule has 0 aliphatic rings. The first-order chi connectivity index (χ1) is 9.51. The van der Waals surface area contributed by atoms with Crippen LogP contribution in [0, 0.1) is 6.92 Å². The van der Waals surface area contributed by atoms with E-state index >= 15 is 0 Å². The summed E-state index contributed by atoms with van der Waals surface area (Å²) >= 11 is 0. The summed E-state index contributed by atoms with van der Waals surface area (Å²) in [7, 11) is 0. The minimum absolute atomic E-state index is 0.0773. The van der Waals surface area contributed by atoms with Crippen molar-refractivity contribution in [2.24, 2.45) is 0 Å². The summed E-state index contributed by atoms with van der Waals surface area (Å²) in [5, 5.41) is 0. The van der Waals surface area contributed by atoms with Gasteiger partial charge in [-0.3, -0.25) is 19.1 Å². The second-order valence-electron chi connectivity index (χ2n) is 4.69. The fraction of sp³-hybridized carbons (Fsp3) is 0.267. The number of aryl methyl sites for hydroxylation is 2. The molecule has 2 aromatic rings. The number of rotatable bonds is 4. The Hall–Kier alpha value is -2.43. The van der Waals surface area contributed by atoms with Crippen molar-refractivity contribution in [3.8, 4) is 0 Å². The summed E-state index contributed by atoms with van der Waals surface area (Å²) in [6.07, 6.45) is 1.96. The Morgan fingerprint density at radius 2 is 2.05 bits per heavy atom. The average molecular weight is 272 g/mol. The van der Waals surface area contributed by atoms with Gasteiger partial charge in [0.25, 0.3) is 5.56 Å². The Balaban J connectivity index is 2.33. The first-order valence-electron chi connectivity index (χ1n) is 6.43. The average Bonchev–Trinajstić information content (AvgIpc) is 2.41. The van der Waals surface area contributed by atoms with Crippen LogP contribution in [0.4, 0.5) is 0 Å². The second kappa shape index (κ2) is 5.69. The van der Waals surface area contributed by atoms with E-state index in [1.807, 2.05) is 19.9 Å². The zero-order valence-corrected chi connectivity index (χ0v) is 11.5. The number of carbonyl (C=O) groups is 1. The maximum Gasteiger partial charge on any atom is 0.328 e. The lowest BCUT2D eigenvalue weighted by Gasteiger charge is -2.06. The molecular weight excluding hydrogens is 256 g/mol. The molecule has 0 amide bonds. The number of hydrogen-bond donors (Lipinski definition) is 1. The van der Waals surface area contributed by atoms with E-state index in [2.05, 4.69) is 4.98 Å². The monoisotopic (exact) mass is 272 g/mol. The van der Waals surface area contributed by atoms with Crippen LogP contribution in [0.3, 0.4) is 0 Å². The van der Waals surface area contributed by atoms with Crippen LogP contribution in [-0.2, 0) is 13.0 Å². The number of nitrogens with one attached hydrogen (secondary N) is 1. The molecule has 0 saturated heterocycles. The minimum Gasteiger partial charge on any atom is -0.293 e. The minimum atomic E-state index is -0.562. The molecule has 1 N–H and O–H groups in total. The zero-order valence-electron chi connectivity index (χ0n) is 11.5. The van der Waals surface area contributed by atoms with Crippen molar-refractivity contribution in [3.05, 3.63) is 68.0 Å². The van der Waals surface area contributed by atoms with Crippen molar-refractivity contribution in [3.63, 3.8) is 0 Å². The summed E-state index contributed by atoms with van der Waals surface area (Å²) in [4.78, 5) is 37.5. The van der Waals surface area contributed by atoms with Gasteiger partial charge in [0.15, 0.2) is 5.78 Å². The Morgan fingerprint density at radius 1 is 1.30 bits per heavy atom. The first kappa shape index (κ1) is 14.0. The Kier molecular flexibility index (Phi) is 3.98. The summed E-state index contributed by atoms with van der Waals surface area (Å²) < 4.78 is 1.24. The molecule has 1 aromatic carbocycles. The van der Waals surface area contributed by atoms with E-state index in [1.54, 1.807) is 18.2 Å². The molecule has 0 atom stereocenters. The Bertz CT molecular complexity index is 756. The predicted molar refractivity (Wildman–Crippen MR) is 76.2 cm³/mol. The third-order valence-electron chi connectivity index (χ3n) is 3.12. The van der Waals surface area contributed by atoms with Crippen molar-refractivity contribution in [1.29, 1.82) is 0 Å². The largest absolute Gasteiger partial charge is 0.328 e. The van der Waals surface area contributed by atoms with Gasteiger partial charge in [0.05, 0.1) is 6.54 Å². The molecule has 0 spiro atoms. The summed E-state index contributed by atoms with van der Waals surface area (Å²) in [6, 6.07) is 7.19. The molecule has 1 aromatic heterocycles. The fourth-order valence-corrected chi connectivity index (χ4v) is 1.99. The van der Waals surface area contributed by atoms with Crippen LogP contribution in [0.1, 0.15) is 28.4 Å². The van der Waals surface area contributed by atoms with Gasteiger partial charge in [0.2, 0.25) is 0 Å². The van der Waals surface area contributed by atoms with Gasteiger partial charge in [-0.1, -0.05) is 30.7 Å². The third-order valence-corrected chi connectivity index (χ3v) is 3.12. The highest BCUT2D eigenvalue weighted by atomic mass is 16.2. The van der Waals surface area contributed by atoms with Gasteiger partial charge in [0.1, 0.15) is 0 Å². The summed E-state index contributed by atoms with van der Waals surface area (Å²) in [5.41, 5.74) is 1.08. The molecule has 5 nitrogen and oxygen atoms in total. The number of aromatic amines is 1. The van der Waals surface area contributed by atoms with Crippen molar-refractivity contribution in [1.82, 2.24) is 9.55 Å². The maximum atomic E-state index is 12.2. The number of benzene rings is 1. The van der Waals surface area contributed by atoms with Crippen LogP contribution in [0.25, 0.3) is 0 Å². The normalized spacial score (nSPS) is 10.5.